The zero-order valence-corrected chi connectivity index (χ0v) is 13.7. The van der Waals surface area contributed by atoms with Crippen molar-refractivity contribution in [1.29, 1.82) is 0 Å². The normalized spacial score (nSPS) is 13.2. The highest BCUT2D eigenvalue weighted by Crippen LogP contribution is 2.38. The lowest BCUT2D eigenvalue weighted by molar-refractivity contribution is -0.120. The van der Waals surface area contributed by atoms with Crippen LogP contribution in [-0.4, -0.2) is 19.1 Å². The first kappa shape index (κ1) is 16.6. The van der Waals surface area contributed by atoms with Gasteiger partial charge in [0, 0.05) is 13.0 Å². The van der Waals surface area contributed by atoms with E-state index in [1.807, 2.05) is 0 Å². The molecule has 0 bridgehead atoms. The van der Waals surface area contributed by atoms with Crippen molar-refractivity contribution in [3.63, 3.8) is 0 Å². The molecule has 0 fully saturated rings. The van der Waals surface area contributed by atoms with Gasteiger partial charge < -0.3 is 14.8 Å². The van der Waals surface area contributed by atoms with Gasteiger partial charge in [0.1, 0.15) is 5.82 Å². The average Bonchev–Trinajstić information content (AvgIpc) is 2.80. The molecule has 0 atom stereocenters. The van der Waals surface area contributed by atoms with Gasteiger partial charge in [-0.25, -0.2) is 4.39 Å². The number of carbonyl (C=O) groups excluding carboxylic acids is 1. The van der Waals surface area contributed by atoms with Crippen molar-refractivity contribution < 1.29 is 18.7 Å². The maximum Gasteiger partial charge on any atom is 0.224 e. The van der Waals surface area contributed by atoms with Gasteiger partial charge in [-0.1, -0.05) is 23.7 Å². The van der Waals surface area contributed by atoms with Crippen LogP contribution in [0.3, 0.4) is 0 Å². The van der Waals surface area contributed by atoms with Crippen molar-refractivity contribution in [2.45, 2.75) is 19.4 Å². The minimum atomic E-state index is -0.299. The SMILES string of the molecule is O=C(Cc1cc(Cl)c2c(c1)OCCCO2)NCc1ccc(F)cc1. The van der Waals surface area contributed by atoms with Crippen LogP contribution in [0.1, 0.15) is 17.5 Å². The molecule has 2 aromatic carbocycles. The summed E-state index contributed by atoms with van der Waals surface area (Å²) in [6.07, 6.45) is 0.968. The fraction of sp³-hybridized carbons (Fsp3) is 0.278. The molecule has 0 saturated carbocycles. The quantitative estimate of drug-likeness (QED) is 0.919. The zero-order valence-electron chi connectivity index (χ0n) is 13.0. The van der Waals surface area contributed by atoms with E-state index in [-0.39, 0.29) is 18.1 Å². The number of hydrogen-bond acceptors (Lipinski definition) is 3. The van der Waals surface area contributed by atoms with E-state index in [0.717, 1.165) is 17.5 Å². The highest BCUT2D eigenvalue weighted by Gasteiger charge is 2.16. The number of amides is 1. The molecule has 0 saturated heterocycles. The molecular formula is C18H17ClFNO3. The number of benzene rings is 2. The fourth-order valence-electron chi connectivity index (χ4n) is 2.44. The third-order valence-electron chi connectivity index (χ3n) is 3.63. The predicted octanol–water partition coefficient (Wildman–Crippen LogP) is 3.50. The Morgan fingerprint density at radius 3 is 2.67 bits per heavy atom. The van der Waals surface area contributed by atoms with Crippen molar-refractivity contribution in [2.24, 2.45) is 0 Å². The third-order valence-corrected chi connectivity index (χ3v) is 3.91. The van der Waals surface area contributed by atoms with Crippen LogP contribution in [0.4, 0.5) is 4.39 Å². The van der Waals surface area contributed by atoms with E-state index in [1.54, 1.807) is 24.3 Å². The van der Waals surface area contributed by atoms with E-state index in [9.17, 15) is 9.18 Å². The van der Waals surface area contributed by atoms with E-state index in [1.165, 1.54) is 12.1 Å². The smallest absolute Gasteiger partial charge is 0.224 e. The van der Waals surface area contributed by atoms with Gasteiger partial charge in [0.25, 0.3) is 0 Å². The number of hydrogen-bond donors (Lipinski definition) is 1. The molecule has 0 aromatic heterocycles. The molecule has 3 rings (SSSR count). The monoisotopic (exact) mass is 349 g/mol. The number of ether oxygens (including phenoxy) is 2. The van der Waals surface area contributed by atoms with Gasteiger partial charge in [0.2, 0.25) is 5.91 Å². The van der Waals surface area contributed by atoms with Gasteiger partial charge in [-0.05, 0) is 35.4 Å². The maximum atomic E-state index is 12.9. The molecule has 4 nitrogen and oxygen atoms in total. The Morgan fingerprint density at radius 2 is 1.88 bits per heavy atom. The lowest BCUT2D eigenvalue weighted by Gasteiger charge is -2.12. The van der Waals surface area contributed by atoms with Gasteiger partial charge in [-0.3, -0.25) is 4.79 Å². The molecule has 126 valence electrons. The molecule has 1 heterocycles. The Kier molecular flexibility index (Phi) is 5.20. The molecule has 24 heavy (non-hydrogen) atoms. The average molecular weight is 350 g/mol. The Labute approximate surface area is 144 Å². The van der Waals surface area contributed by atoms with Crippen LogP contribution in [0.15, 0.2) is 36.4 Å². The van der Waals surface area contributed by atoms with E-state index >= 15 is 0 Å². The summed E-state index contributed by atoms with van der Waals surface area (Å²) in [7, 11) is 0. The summed E-state index contributed by atoms with van der Waals surface area (Å²) in [6.45, 7) is 1.46. The Balaban J connectivity index is 1.63. The first-order valence-electron chi connectivity index (χ1n) is 7.71. The maximum absolute atomic E-state index is 12.9. The highest BCUT2D eigenvalue weighted by molar-refractivity contribution is 6.32. The topological polar surface area (TPSA) is 47.6 Å². The first-order valence-corrected chi connectivity index (χ1v) is 8.09. The molecule has 2 aromatic rings. The van der Waals surface area contributed by atoms with E-state index < -0.39 is 0 Å². The van der Waals surface area contributed by atoms with Gasteiger partial charge >= 0.3 is 0 Å². The summed E-state index contributed by atoms with van der Waals surface area (Å²) in [5.74, 6) is 0.655. The minimum Gasteiger partial charge on any atom is -0.489 e. The molecule has 0 aliphatic carbocycles. The molecule has 1 aliphatic rings. The standard InChI is InChI=1S/C18H17ClFNO3/c19-15-8-13(9-16-18(15)24-7-1-6-23-16)10-17(22)21-11-12-2-4-14(20)5-3-12/h2-5,8-9H,1,6-7,10-11H2,(H,21,22). The Hall–Kier alpha value is -2.27. The van der Waals surface area contributed by atoms with Crippen LogP contribution < -0.4 is 14.8 Å². The van der Waals surface area contributed by atoms with Crippen LogP contribution in [-0.2, 0) is 17.8 Å². The second-order valence-electron chi connectivity index (χ2n) is 5.54. The van der Waals surface area contributed by atoms with Crippen molar-refractivity contribution in [3.8, 4) is 11.5 Å². The second-order valence-corrected chi connectivity index (χ2v) is 5.94. The van der Waals surface area contributed by atoms with Crippen LogP contribution in [0.25, 0.3) is 0 Å². The number of rotatable bonds is 4. The minimum absolute atomic E-state index is 0.148. The summed E-state index contributed by atoms with van der Waals surface area (Å²) >= 11 is 6.22. The molecule has 0 radical (unpaired) electrons. The number of fused-ring (bicyclic) bond motifs is 1. The Morgan fingerprint density at radius 1 is 1.12 bits per heavy atom. The van der Waals surface area contributed by atoms with Gasteiger partial charge in [0.05, 0.1) is 24.7 Å². The largest absolute Gasteiger partial charge is 0.489 e. The van der Waals surface area contributed by atoms with Gasteiger partial charge in [0.15, 0.2) is 11.5 Å². The molecular weight excluding hydrogens is 333 g/mol. The predicted molar refractivity (Wildman–Crippen MR) is 89.0 cm³/mol. The lowest BCUT2D eigenvalue weighted by Crippen LogP contribution is -2.24. The molecule has 1 N–H and O–H groups in total. The van der Waals surface area contributed by atoms with Crippen LogP contribution in [0.5, 0.6) is 11.5 Å². The van der Waals surface area contributed by atoms with E-state index in [0.29, 0.717) is 36.3 Å². The molecule has 1 amide bonds. The molecule has 6 heteroatoms. The summed E-state index contributed by atoms with van der Waals surface area (Å²) in [5.41, 5.74) is 1.59. The van der Waals surface area contributed by atoms with Crippen LogP contribution >= 0.6 is 11.6 Å². The van der Waals surface area contributed by atoms with Crippen molar-refractivity contribution in [3.05, 3.63) is 58.4 Å². The second kappa shape index (κ2) is 7.53. The highest BCUT2D eigenvalue weighted by atomic mass is 35.5. The molecule has 1 aliphatic heterocycles. The summed E-state index contributed by atoms with van der Waals surface area (Å²) in [6, 6.07) is 9.51. The fourth-order valence-corrected chi connectivity index (χ4v) is 2.72. The molecule has 0 unspecified atom stereocenters. The summed E-state index contributed by atoms with van der Waals surface area (Å²) in [4.78, 5) is 12.1. The molecule has 0 spiro atoms. The number of halogens is 2. The van der Waals surface area contributed by atoms with Crippen LogP contribution in [0.2, 0.25) is 5.02 Å². The number of nitrogens with one attached hydrogen (secondary N) is 1. The lowest BCUT2D eigenvalue weighted by atomic mass is 10.1. The Bertz CT molecular complexity index is 734. The zero-order chi connectivity index (χ0) is 16.9. The van der Waals surface area contributed by atoms with Gasteiger partial charge in [-0.2, -0.15) is 0 Å². The van der Waals surface area contributed by atoms with Gasteiger partial charge in [-0.15, -0.1) is 0 Å². The summed E-state index contributed by atoms with van der Waals surface area (Å²) in [5, 5.41) is 3.24. The van der Waals surface area contributed by atoms with Crippen molar-refractivity contribution >= 4 is 17.5 Å². The van der Waals surface area contributed by atoms with Crippen molar-refractivity contribution in [2.75, 3.05) is 13.2 Å². The number of carbonyl (C=O) groups is 1. The summed E-state index contributed by atoms with van der Waals surface area (Å²) < 4.78 is 24.0. The van der Waals surface area contributed by atoms with E-state index in [2.05, 4.69) is 5.32 Å². The van der Waals surface area contributed by atoms with Crippen molar-refractivity contribution in [1.82, 2.24) is 5.32 Å². The van der Waals surface area contributed by atoms with E-state index in [4.69, 9.17) is 21.1 Å². The van der Waals surface area contributed by atoms with Crippen LogP contribution in [0, 0.1) is 5.82 Å². The first-order chi connectivity index (χ1) is 11.6. The third kappa shape index (κ3) is 4.17.